The Labute approximate surface area is 182 Å². The molecule has 0 atom stereocenters. The van der Waals surface area contributed by atoms with E-state index in [2.05, 4.69) is 48.4 Å². The summed E-state index contributed by atoms with van der Waals surface area (Å²) in [6.07, 6.45) is 6.88. The second kappa shape index (κ2) is 9.77. The molecular weight excluding hydrogens is 471 g/mol. The Bertz CT molecular complexity index is 710. The number of nitrogens with zero attached hydrogens (tertiary/aromatic N) is 5. The number of imidazole rings is 1. The van der Waals surface area contributed by atoms with Crippen LogP contribution in [0, 0.1) is 0 Å². The third-order valence-electron chi connectivity index (χ3n) is 5.23. The van der Waals surface area contributed by atoms with Crippen molar-refractivity contribution in [2.45, 2.75) is 32.2 Å². The quantitative estimate of drug-likeness (QED) is 0.399. The van der Waals surface area contributed by atoms with Crippen LogP contribution in [0.1, 0.15) is 24.4 Å². The molecule has 2 aromatic heterocycles. The van der Waals surface area contributed by atoms with Crippen molar-refractivity contribution in [3.05, 3.63) is 35.2 Å². The molecule has 0 bridgehead atoms. The number of fused-ring (bicyclic) bond motifs is 1. The van der Waals surface area contributed by atoms with Gasteiger partial charge in [-0.1, -0.05) is 0 Å². The maximum Gasteiger partial charge on any atom is 0.193 e. The van der Waals surface area contributed by atoms with E-state index in [1.165, 1.54) is 29.4 Å². The lowest BCUT2D eigenvalue weighted by Crippen LogP contribution is -2.52. The number of piperazine rings is 1. The lowest BCUT2D eigenvalue weighted by molar-refractivity contribution is 0.373. The van der Waals surface area contributed by atoms with Gasteiger partial charge in [-0.2, -0.15) is 0 Å². The first-order valence-corrected chi connectivity index (χ1v) is 10.5. The largest absolute Gasteiger partial charge is 0.360 e. The number of hydrogen-bond acceptors (Lipinski definition) is 4. The summed E-state index contributed by atoms with van der Waals surface area (Å²) in [6, 6.07) is 4.33. The third-order valence-corrected chi connectivity index (χ3v) is 6.16. The summed E-state index contributed by atoms with van der Waals surface area (Å²) in [4.78, 5) is 14.1. The molecule has 2 aliphatic rings. The zero-order valence-corrected chi connectivity index (χ0v) is 19.1. The van der Waals surface area contributed by atoms with Gasteiger partial charge in [-0.3, -0.25) is 4.99 Å². The van der Waals surface area contributed by atoms with Crippen molar-refractivity contribution in [3.63, 3.8) is 0 Å². The number of aliphatic imine (C=N–C) groups is 1. The van der Waals surface area contributed by atoms with Crippen LogP contribution in [0.15, 0.2) is 28.7 Å². The van der Waals surface area contributed by atoms with Crippen LogP contribution in [-0.4, -0.2) is 60.2 Å². The molecule has 0 aliphatic carbocycles. The number of hydrogen-bond donors (Lipinski definition) is 1. The summed E-state index contributed by atoms with van der Waals surface area (Å²) < 4.78 is 2.33. The molecule has 2 aliphatic heterocycles. The molecule has 8 heteroatoms. The van der Waals surface area contributed by atoms with Crippen molar-refractivity contribution < 1.29 is 0 Å². The van der Waals surface area contributed by atoms with E-state index >= 15 is 0 Å². The van der Waals surface area contributed by atoms with E-state index in [-0.39, 0.29) is 24.0 Å². The van der Waals surface area contributed by atoms with Crippen molar-refractivity contribution in [1.82, 2.24) is 19.8 Å². The lowest BCUT2D eigenvalue weighted by Gasteiger charge is -2.37. The number of guanidine groups is 1. The van der Waals surface area contributed by atoms with E-state index in [9.17, 15) is 0 Å². The van der Waals surface area contributed by atoms with Crippen molar-refractivity contribution in [3.8, 4) is 0 Å². The number of nitrogens with one attached hydrogen (secondary N) is 1. The second-order valence-electron chi connectivity index (χ2n) is 6.95. The number of thiophene rings is 1. The molecule has 0 radical (unpaired) electrons. The molecular formula is C19H29IN6S. The molecule has 2 aromatic rings. The predicted octanol–water partition coefficient (Wildman–Crippen LogP) is 2.84. The molecule has 0 saturated carbocycles. The first-order valence-electron chi connectivity index (χ1n) is 9.62. The second-order valence-corrected chi connectivity index (χ2v) is 7.87. The Morgan fingerprint density at radius 2 is 2.07 bits per heavy atom. The van der Waals surface area contributed by atoms with Crippen molar-refractivity contribution >= 4 is 46.3 Å². The number of aryl methyl sites for hydroxylation is 2. The van der Waals surface area contributed by atoms with Crippen LogP contribution in [0.5, 0.6) is 0 Å². The summed E-state index contributed by atoms with van der Waals surface area (Å²) in [5, 5.41) is 7.05. The summed E-state index contributed by atoms with van der Waals surface area (Å²) in [5.41, 5.74) is 1.20. The van der Waals surface area contributed by atoms with Gasteiger partial charge >= 0.3 is 0 Å². The maximum atomic E-state index is 4.79. The fraction of sp³-hybridized carbons (Fsp3) is 0.579. The molecule has 1 N–H and O–H groups in total. The van der Waals surface area contributed by atoms with Crippen LogP contribution in [0.25, 0.3) is 0 Å². The highest BCUT2D eigenvalue weighted by molar-refractivity contribution is 14.0. The Morgan fingerprint density at radius 3 is 2.78 bits per heavy atom. The summed E-state index contributed by atoms with van der Waals surface area (Å²) >= 11 is 1.82. The molecule has 1 fully saturated rings. The van der Waals surface area contributed by atoms with E-state index in [1.54, 1.807) is 0 Å². The average molecular weight is 500 g/mol. The van der Waals surface area contributed by atoms with Crippen LogP contribution in [0.2, 0.25) is 0 Å². The van der Waals surface area contributed by atoms with Gasteiger partial charge in [-0.25, -0.2) is 4.98 Å². The highest BCUT2D eigenvalue weighted by Gasteiger charge is 2.20. The number of aromatic nitrogens is 2. The zero-order valence-electron chi connectivity index (χ0n) is 15.9. The Morgan fingerprint density at radius 1 is 1.22 bits per heavy atom. The molecule has 0 amide bonds. The number of anilines is 1. The molecule has 0 aromatic carbocycles. The van der Waals surface area contributed by atoms with Crippen molar-refractivity contribution in [2.75, 3.05) is 44.7 Å². The first-order chi connectivity index (χ1) is 12.8. The minimum absolute atomic E-state index is 0. The van der Waals surface area contributed by atoms with Gasteiger partial charge in [0.15, 0.2) is 5.96 Å². The van der Waals surface area contributed by atoms with E-state index in [0.29, 0.717) is 0 Å². The predicted molar refractivity (Wildman–Crippen MR) is 124 cm³/mol. The van der Waals surface area contributed by atoms with Gasteiger partial charge in [0, 0.05) is 65.4 Å². The van der Waals surface area contributed by atoms with Crippen LogP contribution in [-0.2, 0) is 19.4 Å². The summed E-state index contributed by atoms with van der Waals surface area (Å²) in [5.74, 6) is 2.28. The van der Waals surface area contributed by atoms with Crippen LogP contribution in [0.3, 0.4) is 0 Å². The normalized spacial score (nSPS) is 17.4. The van der Waals surface area contributed by atoms with Gasteiger partial charge in [0.25, 0.3) is 0 Å². The van der Waals surface area contributed by atoms with Crippen molar-refractivity contribution in [2.24, 2.45) is 4.99 Å². The standard InChI is InChI=1S/C19H28N6S.HI/c1-20-19(24-12-10-23(11-13-24)18-6-4-14-26-18)21-8-7-16-15-25-9-3-2-5-17(25)22-16;/h4,6,14-15H,2-3,5,7-13H2,1H3,(H,20,21);1H. The van der Waals surface area contributed by atoms with Crippen LogP contribution >= 0.6 is 35.3 Å². The van der Waals surface area contributed by atoms with Gasteiger partial charge < -0.3 is 19.7 Å². The van der Waals surface area contributed by atoms with Crippen molar-refractivity contribution in [1.29, 1.82) is 0 Å². The smallest absolute Gasteiger partial charge is 0.193 e. The van der Waals surface area contributed by atoms with Gasteiger partial charge in [0.1, 0.15) is 5.82 Å². The first kappa shape index (κ1) is 20.4. The lowest BCUT2D eigenvalue weighted by atomic mass is 10.2. The number of halogens is 1. The molecule has 0 unspecified atom stereocenters. The van der Waals surface area contributed by atoms with E-state index in [0.717, 1.165) is 58.1 Å². The summed E-state index contributed by atoms with van der Waals surface area (Å²) in [7, 11) is 1.88. The third kappa shape index (κ3) is 4.96. The fourth-order valence-corrected chi connectivity index (χ4v) is 4.60. The van der Waals surface area contributed by atoms with E-state index in [1.807, 2.05) is 18.4 Å². The fourth-order valence-electron chi connectivity index (χ4n) is 3.82. The Kier molecular flexibility index (Phi) is 7.40. The topological polar surface area (TPSA) is 48.7 Å². The molecule has 4 heterocycles. The highest BCUT2D eigenvalue weighted by atomic mass is 127. The van der Waals surface area contributed by atoms with E-state index in [4.69, 9.17) is 4.98 Å². The number of rotatable bonds is 4. The molecule has 0 spiro atoms. The monoisotopic (exact) mass is 500 g/mol. The van der Waals surface area contributed by atoms with Gasteiger partial charge in [-0.05, 0) is 30.4 Å². The zero-order chi connectivity index (χ0) is 17.8. The van der Waals surface area contributed by atoms with Crippen LogP contribution in [0.4, 0.5) is 5.00 Å². The molecule has 1 saturated heterocycles. The molecule has 148 valence electrons. The van der Waals surface area contributed by atoms with Gasteiger partial charge in [-0.15, -0.1) is 35.3 Å². The highest BCUT2D eigenvalue weighted by Crippen LogP contribution is 2.22. The Balaban J connectivity index is 0.00000210. The maximum absolute atomic E-state index is 4.79. The van der Waals surface area contributed by atoms with Gasteiger partial charge in [0.2, 0.25) is 0 Å². The Hall–Kier alpha value is -1.29. The van der Waals surface area contributed by atoms with Gasteiger partial charge in [0.05, 0.1) is 10.7 Å². The molecule has 4 rings (SSSR count). The summed E-state index contributed by atoms with van der Waals surface area (Å²) in [6.45, 7) is 6.14. The molecule has 6 nitrogen and oxygen atoms in total. The van der Waals surface area contributed by atoms with E-state index < -0.39 is 0 Å². The molecule has 27 heavy (non-hydrogen) atoms. The SMILES string of the molecule is CN=C(NCCc1cn2c(n1)CCCC2)N1CCN(c2cccs2)CC1.I. The minimum atomic E-state index is 0. The minimum Gasteiger partial charge on any atom is -0.360 e. The average Bonchev–Trinajstić information content (AvgIpc) is 3.35. The van der Waals surface area contributed by atoms with Crippen LogP contribution < -0.4 is 10.2 Å².